The number of benzene rings is 8. The first-order valence-electron chi connectivity index (χ1n) is 18.2. The number of hydrogen-bond acceptors (Lipinski definition) is 3. The summed E-state index contributed by atoms with van der Waals surface area (Å²) in [6, 6.07) is 66.1. The van der Waals surface area contributed by atoms with Crippen molar-refractivity contribution in [1.29, 1.82) is 0 Å². The number of fused-ring (bicyclic) bond motifs is 7. The van der Waals surface area contributed by atoms with E-state index in [1.807, 2.05) is 18.2 Å². The molecule has 5 heteroatoms. The monoisotopic (exact) mass is 689 g/mol. The van der Waals surface area contributed by atoms with E-state index < -0.39 is 0 Å². The molecule has 0 atom stereocenters. The summed E-state index contributed by atoms with van der Waals surface area (Å²) >= 11 is 0. The zero-order chi connectivity index (χ0) is 35.6. The van der Waals surface area contributed by atoms with Crippen molar-refractivity contribution in [3.05, 3.63) is 188 Å². The van der Waals surface area contributed by atoms with E-state index in [0.717, 1.165) is 60.9 Å². The summed E-state index contributed by atoms with van der Waals surface area (Å²) in [5.41, 5.74) is 9.44. The molecule has 0 saturated carbocycles. The van der Waals surface area contributed by atoms with Gasteiger partial charge in [0.1, 0.15) is 0 Å². The van der Waals surface area contributed by atoms with Gasteiger partial charge >= 0.3 is 0 Å². The fourth-order valence-electron chi connectivity index (χ4n) is 8.16. The summed E-state index contributed by atoms with van der Waals surface area (Å²) in [5.74, 6) is 1.86. The summed E-state index contributed by atoms with van der Waals surface area (Å²) in [5, 5.41) is 6.99. The van der Waals surface area contributed by atoms with Crippen LogP contribution in [0.3, 0.4) is 0 Å². The van der Waals surface area contributed by atoms with Crippen LogP contribution in [0.5, 0.6) is 0 Å². The first-order chi connectivity index (χ1) is 26.8. The van der Waals surface area contributed by atoms with Crippen molar-refractivity contribution < 1.29 is 0 Å². The third-order valence-corrected chi connectivity index (χ3v) is 10.6. The molecule has 3 heterocycles. The highest BCUT2D eigenvalue weighted by Crippen LogP contribution is 2.40. The van der Waals surface area contributed by atoms with E-state index in [0.29, 0.717) is 17.5 Å². The maximum absolute atomic E-state index is 5.40. The van der Waals surface area contributed by atoms with Crippen LogP contribution < -0.4 is 0 Å². The zero-order valence-electron chi connectivity index (χ0n) is 29.1. The minimum Gasteiger partial charge on any atom is -0.309 e. The van der Waals surface area contributed by atoms with Crippen LogP contribution in [0.25, 0.3) is 99.9 Å². The van der Waals surface area contributed by atoms with E-state index in [2.05, 4.69) is 179 Å². The van der Waals surface area contributed by atoms with Crippen molar-refractivity contribution in [3.63, 3.8) is 0 Å². The Morgan fingerprint density at radius 2 is 0.815 bits per heavy atom. The van der Waals surface area contributed by atoms with Gasteiger partial charge in [0.15, 0.2) is 17.5 Å². The predicted octanol–water partition coefficient (Wildman–Crippen LogP) is 12.2. The lowest BCUT2D eigenvalue weighted by atomic mass is 10.0. The molecule has 11 aromatic rings. The summed E-state index contributed by atoms with van der Waals surface area (Å²) in [7, 11) is 0. The van der Waals surface area contributed by atoms with Crippen molar-refractivity contribution in [2.75, 3.05) is 0 Å². The molecule has 0 aliphatic carbocycles. The first-order valence-corrected chi connectivity index (χ1v) is 18.2. The average Bonchev–Trinajstić information content (AvgIpc) is 3.76. The van der Waals surface area contributed by atoms with Crippen LogP contribution in [0.15, 0.2) is 188 Å². The highest BCUT2D eigenvalue weighted by atomic mass is 15.1. The molecule has 0 radical (unpaired) electrons. The molecule has 0 bridgehead atoms. The van der Waals surface area contributed by atoms with Crippen LogP contribution in [-0.2, 0) is 0 Å². The topological polar surface area (TPSA) is 48.5 Å². The van der Waals surface area contributed by atoms with Crippen LogP contribution >= 0.6 is 0 Å². The number of nitrogens with zero attached hydrogens (tertiary/aromatic N) is 5. The van der Waals surface area contributed by atoms with Gasteiger partial charge in [0.2, 0.25) is 0 Å². The first kappa shape index (κ1) is 30.3. The minimum atomic E-state index is 0.617. The molecule has 0 N–H and O–H groups in total. The van der Waals surface area contributed by atoms with E-state index in [1.165, 1.54) is 21.5 Å². The maximum atomic E-state index is 5.40. The Bertz CT molecular complexity index is 3160. The molecule has 0 unspecified atom stereocenters. The number of aromatic nitrogens is 5. The van der Waals surface area contributed by atoms with Crippen LogP contribution in [0.4, 0.5) is 0 Å². The second kappa shape index (κ2) is 12.1. The Morgan fingerprint density at radius 1 is 0.315 bits per heavy atom. The second-order valence-corrected chi connectivity index (χ2v) is 13.6. The van der Waals surface area contributed by atoms with Crippen molar-refractivity contribution >= 4 is 54.4 Å². The summed E-state index contributed by atoms with van der Waals surface area (Å²) in [6.07, 6.45) is 0. The Kier molecular flexibility index (Phi) is 6.79. The summed E-state index contributed by atoms with van der Waals surface area (Å²) < 4.78 is 4.70. The third kappa shape index (κ3) is 4.69. The molecule has 0 spiro atoms. The molecular weight excluding hydrogens is 659 g/mol. The molecule has 0 amide bonds. The molecule has 0 fully saturated rings. The summed E-state index contributed by atoms with van der Waals surface area (Å²) in [6.45, 7) is 0. The Hall–Kier alpha value is -7.37. The van der Waals surface area contributed by atoms with Crippen molar-refractivity contribution in [2.24, 2.45) is 0 Å². The van der Waals surface area contributed by atoms with Gasteiger partial charge in [-0.25, -0.2) is 15.0 Å². The second-order valence-electron chi connectivity index (χ2n) is 13.6. The SMILES string of the molecule is c1ccc(-c2nc(-c3ccc4c5ccccc5n(-c5ccccc5)c4c3)nc(-c3c(-n4c5ccccc5c5ccccc54)ccc4ccccc34)n2)cc1. The highest BCUT2D eigenvalue weighted by molar-refractivity contribution is 6.12. The predicted molar refractivity (Wildman–Crippen MR) is 222 cm³/mol. The van der Waals surface area contributed by atoms with E-state index in [4.69, 9.17) is 15.0 Å². The fraction of sp³-hybridized carbons (Fsp3) is 0. The van der Waals surface area contributed by atoms with E-state index >= 15 is 0 Å². The fourth-order valence-corrected chi connectivity index (χ4v) is 8.16. The summed E-state index contributed by atoms with van der Waals surface area (Å²) in [4.78, 5) is 15.9. The number of para-hydroxylation sites is 4. The smallest absolute Gasteiger partial charge is 0.166 e. The number of rotatable bonds is 5. The minimum absolute atomic E-state index is 0.617. The maximum Gasteiger partial charge on any atom is 0.166 e. The zero-order valence-corrected chi connectivity index (χ0v) is 29.1. The molecule has 0 saturated heterocycles. The molecular formula is C49H31N5. The van der Waals surface area contributed by atoms with Crippen molar-refractivity contribution in [1.82, 2.24) is 24.1 Å². The molecule has 54 heavy (non-hydrogen) atoms. The Morgan fingerprint density at radius 3 is 1.48 bits per heavy atom. The molecule has 3 aromatic heterocycles. The lowest BCUT2D eigenvalue weighted by molar-refractivity contribution is 1.07. The van der Waals surface area contributed by atoms with E-state index in [9.17, 15) is 0 Å². The van der Waals surface area contributed by atoms with Gasteiger partial charge in [0, 0.05) is 38.4 Å². The lowest BCUT2D eigenvalue weighted by Crippen LogP contribution is -2.04. The number of hydrogen-bond donors (Lipinski definition) is 0. The molecule has 0 aliphatic rings. The van der Waals surface area contributed by atoms with Gasteiger partial charge in [0.25, 0.3) is 0 Å². The highest BCUT2D eigenvalue weighted by Gasteiger charge is 2.22. The lowest BCUT2D eigenvalue weighted by Gasteiger charge is -2.17. The van der Waals surface area contributed by atoms with E-state index in [1.54, 1.807) is 0 Å². The van der Waals surface area contributed by atoms with Crippen molar-refractivity contribution in [3.8, 4) is 45.5 Å². The Labute approximate surface area is 311 Å². The average molecular weight is 690 g/mol. The van der Waals surface area contributed by atoms with Gasteiger partial charge in [-0.1, -0.05) is 146 Å². The molecule has 11 rings (SSSR count). The standard InChI is InChI=1S/C49H31N5/c1-3-16-33(17-4-1)47-50-48(34-27-29-40-39-23-9-12-24-41(39)53(45(40)31-34)35-18-5-2-6-19-35)52-49(51-47)46-36-20-8-7-15-32(36)28-30-44(46)54-42-25-13-10-21-37(42)38-22-11-14-26-43(38)54/h1-31H. The van der Waals surface area contributed by atoms with Crippen molar-refractivity contribution in [2.45, 2.75) is 0 Å². The van der Waals surface area contributed by atoms with E-state index in [-0.39, 0.29) is 0 Å². The molecule has 0 aliphatic heterocycles. The van der Waals surface area contributed by atoms with Gasteiger partial charge in [0.05, 0.1) is 33.3 Å². The van der Waals surface area contributed by atoms with Gasteiger partial charge in [-0.3, -0.25) is 0 Å². The van der Waals surface area contributed by atoms with Gasteiger partial charge in [-0.05, 0) is 53.2 Å². The van der Waals surface area contributed by atoms with Gasteiger partial charge in [-0.2, -0.15) is 0 Å². The third-order valence-electron chi connectivity index (χ3n) is 10.6. The largest absolute Gasteiger partial charge is 0.309 e. The molecule has 5 nitrogen and oxygen atoms in total. The Balaban J connectivity index is 1.22. The van der Waals surface area contributed by atoms with Gasteiger partial charge in [-0.15, -0.1) is 0 Å². The van der Waals surface area contributed by atoms with Crippen LogP contribution in [0.1, 0.15) is 0 Å². The quantitative estimate of drug-likeness (QED) is 0.181. The molecule has 252 valence electrons. The van der Waals surface area contributed by atoms with Crippen LogP contribution in [-0.4, -0.2) is 24.1 Å². The van der Waals surface area contributed by atoms with Gasteiger partial charge < -0.3 is 9.13 Å². The molecule has 8 aromatic carbocycles. The van der Waals surface area contributed by atoms with Crippen LogP contribution in [0, 0.1) is 0 Å². The van der Waals surface area contributed by atoms with Crippen LogP contribution in [0.2, 0.25) is 0 Å². The normalized spacial score (nSPS) is 11.7.